The van der Waals surface area contributed by atoms with Crippen molar-refractivity contribution in [2.24, 2.45) is 0 Å². The number of allylic oxidation sites excluding steroid dienone is 1. The molecule has 0 radical (unpaired) electrons. The fourth-order valence-electron chi connectivity index (χ4n) is 3.66. The predicted molar refractivity (Wildman–Crippen MR) is 111 cm³/mol. The highest BCUT2D eigenvalue weighted by Gasteiger charge is 2.46. The van der Waals surface area contributed by atoms with E-state index >= 15 is 0 Å². The van der Waals surface area contributed by atoms with E-state index in [1.807, 2.05) is 0 Å². The Kier molecular flexibility index (Phi) is 5.55. The van der Waals surface area contributed by atoms with Crippen molar-refractivity contribution in [1.82, 2.24) is 19.8 Å². The number of fused-ring (bicyclic) bond motifs is 1. The number of nitrogens with zero attached hydrogens (tertiary/aromatic N) is 3. The fraction of sp³-hybridized carbons (Fsp3) is 0.400. The van der Waals surface area contributed by atoms with E-state index in [9.17, 15) is 26.4 Å². The number of aromatic nitrogens is 2. The lowest BCUT2D eigenvalue weighted by molar-refractivity contribution is -0.164. The molecule has 0 spiro atoms. The summed E-state index contributed by atoms with van der Waals surface area (Å²) in [6, 6.07) is 4.61. The molecule has 0 bridgehead atoms. The lowest BCUT2D eigenvalue weighted by atomic mass is 10.1. The SMILES string of the molecule is CN1CC=CC(OCC(F)(F)F)=C1Oc1ccn2nc(C(=O)NC3(C)CS(=O)(=O)C3)cc2c1. The topological polar surface area (TPSA) is 102 Å². The Morgan fingerprint density at radius 3 is 2.70 bits per heavy atom. The van der Waals surface area contributed by atoms with Crippen LogP contribution in [0, 0.1) is 0 Å². The van der Waals surface area contributed by atoms with Crippen molar-refractivity contribution >= 4 is 21.3 Å². The highest BCUT2D eigenvalue weighted by Crippen LogP contribution is 2.26. The molecular formula is C20H21F3N4O5S. The number of carbonyl (C=O) groups is 1. The van der Waals surface area contributed by atoms with E-state index in [2.05, 4.69) is 10.4 Å². The second kappa shape index (κ2) is 7.97. The average Bonchev–Trinajstić information content (AvgIpc) is 3.09. The van der Waals surface area contributed by atoms with Crippen molar-refractivity contribution in [2.45, 2.75) is 18.6 Å². The minimum Gasteiger partial charge on any atom is -0.479 e. The zero-order valence-electron chi connectivity index (χ0n) is 17.7. The summed E-state index contributed by atoms with van der Waals surface area (Å²) in [4.78, 5) is 14.1. The van der Waals surface area contributed by atoms with E-state index in [-0.39, 0.29) is 28.8 Å². The van der Waals surface area contributed by atoms with Crippen LogP contribution in [0.3, 0.4) is 0 Å². The summed E-state index contributed by atoms with van der Waals surface area (Å²) in [6.07, 6.45) is 0.113. The maximum Gasteiger partial charge on any atom is 0.422 e. The Labute approximate surface area is 187 Å². The number of halogens is 3. The van der Waals surface area contributed by atoms with Crippen LogP contribution in [-0.4, -0.2) is 72.3 Å². The number of alkyl halides is 3. The second-order valence-corrected chi connectivity index (χ2v) is 10.3. The summed E-state index contributed by atoms with van der Waals surface area (Å²) in [5, 5.41) is 6.87. The number of amides is 1. The largest absolute Gasteiger partial charge is 0.479 e. The Hall–Kier alpha value is -3.22. The number of pyridine rings is 1. The highest BCUT2D eigenvalue weighted by molar-refractivity contribution is 7.93. The monoisotopic (exact) mass is 486 g/mol. The van der Waals surface area contributed by atoms with E-state index in [0.29, 0.717) is 17.8 Å². The van der Waals surface area contributed by atoms with Gasteiger partial charge in [-0.2, -0.15) is 18.3 Å². The zero-order valence-corrected chi connectivity index (χ0v) is 18.5. The minimum absolute atomic E-state index is 0.0572. The van der Waals surface area contributed by atoms with E-state index in [1.165, 1.54) is 22.9 Å². The van der Waals surface area contributed by atoms with Gasteiger partial charge in [0.2, 0.25) is 5.88 Å². The van der Waals surface area contributed by atoms with Gasteiger partial charge in [0.25, 0.3) is 5.91 Å². The number of rotatable bonds is 6. The number of sulfone groups is 1. The Morgan fingerprint density at radius 1 is 1.30 bits per heavy atom. The van der Waals surface area contributed by atoms with E-state index < -0.39 is 34.1 Å². The molecule has 0 saturated carbocycles. The van der Waals surface area contributed by atoms with Crippen LogP contribution in [0.2, 0.25) is 0 Å². The maximum absolute atomic E-state index is 12.6. The molecule has 2 aromatic heterocycles. The standard InChI is InChI=1S/C20H21F3N4O5S/c1-19(11-33(29,30)12-19)24-17(28)15-9-13-8-14(5-7-27(13)25-15)32-18-16(4-3-6-26(18)2)31-10-20(21,22)23/h3-5,7-9H,6,10-12H2,1-2H3,(H,24,28). The van der Waals surface area contributed by atoms with E-state index in [4.69, 9.17) is 9.47 Å². The van der Waals surface area contributed by atoms with Crippen molar-refractivity contribution in [3.8, 4) is 5.75 Å². The van der Waals surface area contributed by atoms with Gasteiger partial charge in [0.05, 0.1) is 22.6 Å². The number of carbonyl (C=O) groups excluding carboxylic acids is 1. The molecule has 2 aliphatic heterocycles. The lowest BCUT2D eigenvalue weighted by Crippen LogP contribution is -2.63. The van der Waals surface area contributed by atoms with Gasteiger partial charge in [-0.3, -0.25) is 4.79 Å². The summed E-state index contributed by atoms with van der Waals surface area (Å²) in [7, 11) is -1.48. The molecule has 0 aromatic carbocycles. The van der Waals surface area contributed by atoms with Crippen LogP contribution in [0.15, 0.2) is 48.2 Å². The zero-order chi connectivity index (χ0) is 24.0. The van der Waals surface area contributed by atoms with Crippen LogP contribution >= 0.6 is 0 Å². The summed E-state index contributed by atoms with van der Waals surface area (Å²) in [6.45, 7) is 0.616. The first-order valence-electron chi connectivity index (χ1n) is 9.84. The maximum atomic E-state index is 12.6. The van der Waals surface area contributed by atoms with Crippen molar-refractivity contribution in [1.29, 1.82) is 0 Å². The third-order valence-corrected chi connectivity index (χ3v) is 7.13. The quantitative estimate of drug-likeness (QED) is 0.665. The van der Waals surface area contributed by atoms with Gasteiger partial charge in [-0.25, -0.2) is 12.9 Å². The smallest absolute Gasteiger partial charge is 0.422 e. The van der Waals surface area contributed by atoms with Crippen LogP contribution in [0.25, 0.3) is 5.52 Å². The van der Waals surface area contributed by atoms with E-state index in [0.717, 1.165) is 0 Å². The first kappa shape index (κ1) is 23.0. The van der Waals surface area contributed by atoms with Crippen molar-refractivity contribution in [3.63, 3.8) is 0 Å². The Balaban J connectivity index is 1.52. The van der Waals surface area contributed by atoms with Crippen molar-refractivity contribution < 1.29 is 35.9 Å². The highest BCUT2D eigenvalue weighted by atomic mass is 32.2. The number of hydrogen-bond donors (Lipinski definition) is 1. The van der Waals surface area contributed by atoms with Crippen molar-refractivity contribution in [2.75, 3.05) is 31.7 Å². The van der Waals surface area contributed by atoms with E-state index in [1.54, 1.807) is 37.1 Å². The number of hydrogen-bond acceptors (Lipinski definition) is 7. The summed E-state index contributed by atoms with van der Waals surface area (Å²) >= 11 is 0. The van der Waals surface area contributed by atoms with Gasteiger partial charge in [0.15, 0.2) is 27.9 Å². The van der Waals surface area contributed by atoms with Gasteiger partial charge in [-0.05, 0) is 25.1 Å². The molecule has 9 nitrogen and oxygen atoms in total. The number of likely N-dealkylation sites (N-methyl/N-ethyl adjacent to an activating group) is 1. The number of nitrogens with one attached hydrogen (secondary N) is 1. The first-order chi connectivity index (χ1) is 15.3. The molecule has 13 heteroatoms. The van der Waals surface area contributed by atoms with Crippen molar-refractivity contribution in [3.05, 3.63) is 53.9 Å². The molecule has 0 unspecified atom stereocenters. The Morgan fingerprint density at radius 2 is 2.03 bits per heavy atom. The van der Waals surface area contributed by atoms with Crippen LogP contribution < -0.4 is 10.1 Å². The molecule has 1 fully saturated rings. The molecule has 4 rings (SSSR count). The molecule has 1 saturated heterocycles. The molecule has 2 aliphatic rings. The van der Waals surface area contributed by atoms with Crippen LogP contribution in [0.1, 0.15) is 17.4 Å². The summed E-state index contributed by atoms with van der Waals surface area (Å²) in [5.74, 6) is -0.418. The fourth-order valence-corrected chi connectivity index (χ4v) is 5.66. The molecular weight excluding hydrogens is 465 g/mol. The first-order valence-corrected chi connectivity index (χ1v) is 11.7. The molecule has 178 valence electrons. The summed E-state index contributed by atoms with van der Waals surface area (Å²) in [5.41, 5.74) is -0.251. The third-order valence-electron chi connectivity index (χ3n) is 4.97. The molecule has 1 N–H and O–H groups in total. The van der Waals surface area contributed by atoms with Gasteiger partial charge >= 0.3 is 6.18 Å². The minimum atomic E-state index is -4.49. The molecule has 33 heavy (non-hydrogen) atoms. The molecule has 4 heterocycles. The molecule has 0 atom stereocenters. The van der Waals surface area contributed by atoms with Gasteiger partial charge in [0.1, 0.15) is 5.75 Å². The van der Waals surface area contributed by atoms with Crippen LogP contribution in [-0.2, 0) is 14.6 Å². The van der Waals surface area contributed by atoms with Gasteiger partial charge < -0.3 is 19.7 Å². The second-order valence-electron chi connectivity index (χ2n) is 8.27. The summed E-state index contributed by atoms with van der Waals surface area (Å²) < 4.78 is 72.7. The normalized spacial score (nSPS) is 19.4. The van der Waals surface area contributed by atoms with Gasteiger partial charge in [0, 0.05) is 25.9 Å². The molecule has 2 aromatic rings. The third kappa shape index (κ3) is 5.24. The lowest BCUT2D eigenvalue weighted by Gasteiger charge is -2.38. The van der Waals surface area contributed by atoms with Crippen LogP contribution in [0.4, 0.5) is 13.2 Å². The molecule has 1 amide bonds. The van der Waals surface area contributed by atoms with Crippen LogP contribution in [0.5, 0.6) is 5.75 Å². The van der Waals surface area contributed by atoms with Gasteiger partial charge in [-0.15, -0.1) is 0 Å². The van der Waals surface area contributed by atoms with Gasteiger partial charge in [-0.1, -0.05) is 6.08 Å². The Bertz CT molecular complexity index is 1250. The average molecular weight is 486 g/mol. The predicted octanol–water partition coefficient (Wildman–Crippen LogP) is 1.88. The molecule has 0 aliphatic carbocycles. The number of ether oxygens (including phenoxy) is 2.